The van der Waals surface area contributed by atoms with Crippen LogP contribution in [0.1, 0.15) is 76.1 Å². The smallest absolute Gasteiger partial charge is 0.295 e. The van der Waals surface area contributed by atoms with Crippen LogP contribution in [-0.4, -0.2) is 48.6 Å². The van der Waals surface area contributed by atoms with Gasteiger partial charge in [0.15, 0.2) is 11.5 Å². The zero-order valence-corrected chi connectivity index (χ0v) is 22.6. The number of hydrogen-bond acceptors (Lipinski definition) is 6. The summed E-state index contributed by atoms with van der Waals surface area (Å²) in [6.45, 7) is 8.63. The summed E-state index contributed by atoms with van der Waals surface area (Å²) in [4.78, 5) is 28.7. The summed E-state index contributed by atoms with van der Waals surface area (Å²) in [7, 11) is 3.08. The van der Waals surface area contributed by atoms with Gasteiger partial charge in [-0.25, -0.2) is 0 Å². The van der Waals surface area contributed by atoms with Gasteiger partial charge in [-0.1, -0.05) is 45.7 Å². The predicted octanol–water partition coefficient (Wildman–Crippen LogP) is 5.76. The number of aliphatic hydroxyl groups excluding tert-OH is 1. The van der Waals surface area contributed by atoms with Gasteiger partial charge in [-0.15, -0.1) is 0 Å². The van der Waals surface area contributed by atoms with Crippen molar-refractivity contribution in [2.75, 3.05) is 20.8 Å². The number of carbonyl (C=O) groups is 2. The Hall–Kier alpha value is -3.48. The molecule has 2 aromatic carbocycles. The van der Waals surface area contributed by atoms with Gasteiger partial charge in [0.25, 0.3) is 11.7 Å². The molecule has 0 bridgehead atoms. The van der Waals surface area contributed by atoms with Crippen molar-refractivity contribution in [3.05, 3.63) is 58.7 Å². The quantitative estimate of drug-likeness (QED) is 0.291. The average Bonchev–Trinajstić information content (AvgIpc) is 3.49. The zero-order valence-electron chi connectivity index (χ0n) is 22.6. The number of aliphatic hydroxyl groups is 1. The predicted molar refractivity (Wildman–Crippen MR) is 142 cm³/mol. The number of ketones is 1. The van der Waals surface area contributed by atoms with E-state index in [1.54, 1.807) is 30.2 Å². The fourth-order valence-corrected chi connectivity index (χ4v) is 5.54. The number of benzene rings is 2. The summed E-state index contributed by atoms with van der Waals surface area (Å²) in [5.41, 5.74) is 1.76. The first-order chi connectivity index (χ1) is 17.6. The third-order valence-corrected chi connectivity index (χ3v) is 7.29. The molecule has 198 valence electrons. The summed E-state index contributed by atoms with van der Waals surface area (Å²) in [6, 6.07) is 9.92. The number of para-hydroxylation sites is 1. The Kier molecular flexibility index (Phi) is 7.53. The molecule has 1 heterocycles. The molecule has 37 heavy (non-hydrogen) atoms. The molecule has 7 nitrogen and oxygen atoms in total. The van der Waals surface area contributed by atoms with Gasteiger partial charge < -0.3 is 24.2 Å². The number of methoxy groups -OCH3 is 2. The van der Waals surface area contributed by atoms with E-state index in [9.17, 15) is 14.7 Å². The second-order valence-electron chi connectivity index (χ2n) is 10.6. The van der Waals surface area contributed by atoms with Crippen molar-refractivity contribution >= 4 is 17.4 Å². The van der Waals surface area contributed by atoms with Crippen LogP contribution in [0.25, 0.3) is 5.76 Å². The SMILES string of the molecule is CCOc1ccc(/C(O)=C2/C(=O)C(=O)N(C3CCCC3)C2c2cccc(OC)c2OC)cc1C(C)(C)C. The lowest BCUT2D eigenvalue weighted by molar-refractivity contribution is -0.141. The first-order valence-electron chi connectivity index (χ1n) is 12.9. The van der Waals surface area contributed by atoms with Crippen molar-refractivity contribution in [1.82, 2.24) is 4.90 Å². The Balaban J connectivity index is 1.96. The Bertz CT molecular complexity index is 1220. The molecule has 2 aliphatic rings. The molecule has 1 aliphatic heterocycles. The maximum absolute atomic E-state index is 13.6. The highest BCUT2D eigenvalue weighted by atomic mass is 16.5. The zero-order chi connectivity index (χ0) is 26.9. The third kappa shape index (κ3) is 4.79. The van der Waals surface area contributed by atoms with Gasteiger partial charge in [-0.3, -0.25) is 9.59 Å². The van der Waals surface area contributed by atoms with Gasteiger partial charge in [0.2, 0.25) is 0 Å². The number of hydrogen-bond donors (Lipinski definition) is 1. The van der Waals surface area contributed by atoms with Gasteiger partial charge in [0, 0.05) is 22.7 Å². The van der Waals surface area contributed by atoms with E-state index in [1.165, 1.54) is 7.11 Å². The number of rotatable bonds is 7. The van der Waals surface area contributed by atoms with Crippen LogP contribution >= 0.6 is 0 Å². The van der Waals surface area contributed by atoms with Crippen LogP contribution in [0.3, 0.4) is 0 Å². The summed E-state index contributed by atoms with van der Waals surface area (Å²) in [6.07, 6.45) is 3.60. The molecule has 0 spiro atoms. The van der Waals surface area contributed by atoms with Crippen molar-refractivity contribution in [3.8, 4) is 17.2 Å². The minimum Gasteiger partial charge on any atom is -0.507 e. The van der Waals surface area contributed by atoms with Crippen molar-refractivity contribution in [2.24, 2.45) is 0 Å². The van der Waals surface area contributed by atoms with Gasteiger partial charge in [-0.05, 0) is 49.4 Å². The highest BCUT2D eigenvalue weighted by molar-refractivity contribution is 6.46. The van der Waals surface area contributed by atoms with Crippen LogP contribution in [0.5, 0.6) is 17.2 Å². The summed E-state index contributed by atoms with van der Waals surface area (Å²) in [5.74, 6) is 0.169. The van der Waals surface area contributed by atoms with Crippen LogP contribution < -0.4 is 14.2 Å². The van der Waals surface area contributed by atoms with Crippen molar-refractivity contribution in [2.45, 2.75) is 70.9 Å². The Morgan fingerprint density at radius 3 is 2.32 bits per heavy atom. The second-order valence-corrected chi connectivity index (χ2v) is 10.6. The third-order valence-electron chi connectivity index (χ3n) is 7.29. The van der Waals surface area contributed by atoms with Crippen LogP contribution in [0.4, 0.5) is 0 Å². The molecule has 1 N–H and O–H groups in total. The van der Waals surface area contributed by atoms with Crippen molar-refractivity contribution in [3.63, 3.8) is 0 Å². The lowest BCUT2D eigenvalue weighted by Crippen LogP contribution is -2.37. The van der Waals surface area contributed by atoms with Gasteiger partial charge in [-0.2, -0.15) is 0 Å². The molecule has 1 unspecified atom stereocenters. The van der Waals surface area contributed by atoms with E-state index in [1.807, 2.05) is 25.1 Å². The van der Waals surface area contributed by atoms with E-state index in [0.717, 1.165) is 37.0 Å². The molecule has 1 atom stereocenters. The van der Waals surface area contributed by atoms with E-state index in [-0.39, 0.29) is 22.8 Å². The van der Waals surface area contributed by atoms with E-state index >= 15 is 0 Å². The van der Waals surface area contributed by atoms with Crippen LogP contribution in [-0.2, 0) is 15.0 Å². The molecule has 2 aromatic rings. The topological polar surface area (TPSA) is 85.3 Å². The standard InChI is InChI=1S/C30H37NO6/c1-7-37-22-16-15-18(17-21(22)30(2,3)4)26(32)24-25(20-13-10-14-23(35-5)28(20)36-6)31(29(34)27(24)33)19-11-8-9-12-19/h10,13-17,19,25,32H,7-9,11-12H2,1-6H3/b26-24-. The summed E-state index contributed by atoms with van der Waals surface area (Å²) < 4.78 is 17.1. The number of likely N-dealkylation sites (tertiary alicyclic amines) is 1. The minimum absolute atomic E-state index is 0.0625. The molecular weight excluding hydrogens is 470 g/mol. The lowest BCUT2D eigenvalue weighted by Gasteiger charge is -2.31. The van der Waals surface area contributed by atoms with E-state index < -0.39 is 17.7 Å². The maximum atomic E-state index is 13.6. The number of nitrogens with zero attached hydrogens (tertiary/aromatic N) is 1. The largest absolute Gasteiger partial charge is 0.507 e. The molecule has 2 fully saturated rings. The molecule has 1 saturated carbocycles. The van der Waals surface area contributed by atoms with E-state index in [0.29, 0.717) is 29.2 Å². The monoisotopic (exact) mass is 507 g/mol. The number of carbonyl (C=O) groups excluding carboxylic acids is 2. The molecule has 4 rings (SSSR count). The van der Waals surface area contributed by atoms with Crippen molar-refractivity contribution in [1.29, 1.82) is 0 Å². The number of ether oxygens (including phenoxy) is 3. The average molecular weight is 508 g/mol. The second kappa shape index (κ2) is 10.5. The number of amides is 1. The fraction of sp³-hybridized carbons (Fsp3) is 0.467. The molecule has 1 aliphatic carbocycles. The van der Waals surface area contributed by atoms with Crippen LogP contribution in [0.2, 0.25) is 0 Å². The Morgan fingerprint density at radius 2 is 1.73 bits per heavy atom. The molecule has 1 saturated heterocycles. The first-order valence-corrected chi connectivity index (χ1v) is 12.9. The van der Waals surface area contributed by atoms with Gasteiger partial charge in [0.05, 0.1) is 32.4 Å². The Labute approximate surface area is 219 Å². The number of Topliss-reactive ketones (excluding diaryl/α,β-unsaturated/α-hetero) is 1. The fourth-order valence-electron chi connectivity index (χ4n) is 5.54. The maximum Gasteiger partial charge on any atom is 0.295 e. The molecule has 0 aromatic heterocycles. The summed E-state index contributed by atoms with van der Waals surface area (Å²) in [5, 5.41) is 11.7. The molecule has 0 radical (unpaired) electrons. The van der Waals surface area contributed by atoms with Crippen molar-refractivity contribution < 1.29 is 28.9 Å². The molecule has 1 amide bonds. The van der Waals surface area contributed by atoms with Crippen LogP contribution in [0, 0.1) is 0 Å². The van der Waals surface area contributed by atoms with E-state index in [2.05, 4.69) is 20.8 Å². The molecular formula is C30H37NO6. The minimum atomic E-state index is -0.794. The highest BCUT2D eigenvalue weighted by Gasteiger charge is 2.50. The highest BCUT2D eigenvalue weighted by Crippen LogP contribution is 2.48. The van der Waals surface area contributed by atoms with Gasteiger partial charge >= 0.3 is 0 Å². The first kappa shape index (κ1) is 26.6. The van der Waals surface area contributed by atoms with Gasteiger partial charge in [0.1, 0.15) is 11.5 Å². The lowest BCUT2D eigenvalue weighted by atomic mass is 9.84. The van der Waals surface area contributed by atoms with Crippen LogP contribution in [0.15, 0.2) is 42.0 Å². The molecule has 7 heteroatoms. The Morgan fingerprint density at radius 1 is 1.03 bits per heavy atom. The summed E-state index contributed by atoms with van der Waals surface area (Å²) >= 11 is 0. The van der Waals surface area contributed by atoms with E-state index in [4.69, 9.17) is 14.2 Å². The normalized spacial score (nSPS) is 19.9.